The van der Waals surface area contributed by atoms with Gasteiger partial charge in [-0.15, -0.1) is 0 Å². The van der Waals surface area contributed by atoms with E-state index in [9.17, 15) is 9.18 Å². The molecular weight excluding hydrogens is 247 g/mol. The Kier molecular flexibility index (Phi) is 4.68. The first-order chi connectivity index (χ1) is 9.15. The maximum Gasteiger partial charge on any atom is 0.328 e. The van der Waals surface area contributed by atoms with Crippen LogP contribution in [0, 0.1) is 5.82 Å². The molecule has 102 valence electrons. The number of carboxylic acids is 1. The zero-order valence-corrected chi connectivity index (χ0v) is 10.6. The van der Waals surface area contributed by atoms with E-state index in [0.717, 1.165) is 24.5 Å². The van der Waals surface area contributed by atoms with Crippen LogP contribution in [0.15, 0.2) is 24.3 Å². The van der Waals surface area contributed by atoms with Crippen molar-refractivity contribution in [1.29, 1.82) is 0 Å². The molecule has 0 unspecified atom stereocenters. The average Bonchev–Trinajstić information content (AvgIpc) is 2.88. The minimum absolute atomic E-state index is 0.279. The first kappa shape index (κ1) is 13.7. The van der Waals surface area contributed by atoms with E-state index in [-0.39, 0.29) is 11.9 Å². The van der Waals surface area contributed by atoms with Crippen molar-refractivity contribution >= 4 is 12.0 Å². The first-order valence-corrected chi connectivity index (χ1v) is 6.46. The summed E-state index contributed by atoms with van der Waals surface area (Å²) in [4.78, 5) is 10.5. The lowest BCUT2D eigenvalue weighted by molar-refractivity contribution is -0.131. The molecule has 1 fully saturated rings. The molecule has 1 aromatic carbocycles. The summed E-state index contributed by atoms with van der Waals surface area (Å²) in [7, 11) is 0. The Bertz CT molecular complexity index is 476. The molecule has 0 aromatic heterocycles. The molecule has 0 spiro atoms. The van der Waals surface area contributed by atoms with E-state index in [1.165, 1.54) is 31.1 Å². The molecule has 0 bridgehead atoms. The highest BCUT2D eigenvalue weighted by atomic mass is 19.1. The second-order valence-electron chi connectivity index (χ2n) is 4.73. The number of benzene rings is 1. The average molecular weight is 264 g/mol. The monoisotopic (exact) mass is 264 g/mol. The van der Waals surface area contributed by atoms with Crippen LogP contribution in [0.25, 0.3) is 6.08 Å². The van der Waals surface area contributed by atoms with Crippen LogP contribution in [-0.2, 0) is 16.1 Å². The van der Waals surface area contributed by atoms with Gasteiger partial charge in [0.2, 0.25) is 0 Å². The van der Waals surface area contributed by atoms with E-state index in [4.69, 9.17) is 9.84 Å². The van der Waals surface area contributed by atoms with E-state index in [1.807, 2.05) is 0 Å². The molecule has 0 heterocycles. The van der Waals surface area contributed by atoms with Crippen LogP contribution in [0.3, 0.4) is 0 Å². The van der Waals surface area contributed by atoms with Crippen molar-refractivity contribution in [2.24, 2.45) is 0 Å². The Balaban J connectivity index is 2.07. The molecule has 0 saturated heterocycles. The van der Waals surface area contributed by atoms with Gasteiger partial charge in [0, 0.05) is 6.08 Å². The van der Waals surface area contributed by atoms with Crippen LogP contribution < -0.4 is 0 Å². The molecule has 1 aromatic rings. The maximum atomic E-state index is 13.2. The lowest BCUT2D eigenvalue weighted by atomic mass is 10.1. The summed E-state index contributed by atoms with van der Waals surface area (Å²) in [6, 6.07) is 4.34. The highest BCUT2D eigenvalue weighted by molar-refractivity contribution is 5.85. The van der Waals surface area contributed by atoms with Gasteiger partial charge in [0.15, 0.2) is 0 Å². The van der Waals surface area contributed by atoms with Gasteiger partial charge >= 0.3 is 5.97 Å². The second-order valence-corrected chi connectivity index (χ2v) is 4.73. The number of aliphatic carboxylic acids is 1. The fourth-order valence-electron chi connectivity index (χ4n) is 2.28. The summed E-state index contributed by atoms with van der Waals surface area (Å²) >= 11 is 0. The van der Waals surface area contributed by atoms with E-state index >= 15 is 0 Å². The van der Waals surface area contributed by atoms with Gasteiger partial charge in [-0.25, -0.2) is 9.18 Å². The van der Waals surface area contributed by atoms with E-state index in [1.54, 1.807) is 6.07 Å². The third-order valence-electron chi connectivity index (χ3n) is 3.29. The molecule has 4 heteroatoms. The van der Waals surface area contributed by atoms with Crippen molar-refractivity contribution < 1.29 is 19.0 Å². The van der Waals surface area contributed by atoms with Crippen LogP contribution in [0.4, 0.5) is 4.39 Å². The van der Waals surface area contributed by atoms with Crippen LogP contribution >= 0.6 is 0 Å². The SMILES string of the molecule is O=C(O)/C=C/c1cc(F)ccc1COC1CCCC1. The van der Waals surface area contributed by atoms with Gasteiger partial charge in [-0.2, -0.15) is 0 Å². The Morgan fingerprint density at radius 3 is 2.84 bits per heavy atom. The maximum absolute atomic E-state index is 13.2. The van der Waals surface area contributed by atoms with Crippen LogP contribution in [-0.4, -0.2) is 17.2 Å². The fourth-order valence-corrected chi connectivity index (χ4v) is 2.28. The molecule has 2 rings (SSSR count). The van der Waals surface area contributed by atoms with Crippen molar-refractivity contribution in [2.75, 3.05) is 0 Å². The summed E-state index contributed by atoms with van der Waals surface area (Å²) in [6.07, 6.45) is 7.22. The number of ether oxygens (including phenoxy) is 1. The Morgan fingerprint density at radius 2 is 2.16 bits per heavy atom. The predicted molar refractivity (Wildman–Crippen MR) is 70.1 cm³/mol. The number of hydrogen-bond donors (Lipinski definition) is 1. The van der Waals surface area contributed by atoms with Crippen molar-refractivity contribution in [3.8, 4) is 0 Å². The van der Waals surface area contributed by atoms with Gasteiger partial charge in [0.1, 0.15) is 5.82 Å². The highest BCUT2D eigenvalue weighted by Crippen LogP contribution is 2.23. The molecule has 1 N–H and O–H groups in total. The second kappa shape index (κ2) is 6.48. The van der Waals surface area contributed by atoms with Gasteiger partial charge in [0.05, 0.1) is 12.7 Å². The molecule has 1 saturated carbocycles. The molecule has 0 radical (unpaired) electrons. The van der Waals surface area contributed by atoms with Crippen molar-refractivity contribution in [3.63, 3.8) is 0 Å². The van der Waals surface area contributed by atoms with E-state index < -0.39 is 5.97 Å². The smallest absolute Gasteiger partial charge is 0.328 e. The van der Waals surface area contributed by atoms with Crippen molar-refractivity contribution in [1.82, 2.24) is 0 Å². The van der Waals surface area contributed by atoms with Crippen LogP contribution in [0.2, 0.25) is 0 Å². The highest BCUT2D eigenvalue weighted by Gasteiger charge is 2.15. The number of carboxylic acid groups (broad SMARTS) is 1. The van der Waals surface area contributed by atoms with Gasteiger partial charge in [0.25, 0.3) is 0 Å². The van der Waals surface area contributed by atoms with Crippen LogP contribution in [0.5, 0.6) is 0 Å². The summed E-state index contributed by atoms with van der Waals surface area (Å²) in [5.41, 5.74) is 1.37. The van der Waals surface area contributed by atoms with Crippen LogP contribution in [0.1, 0.15) is 36.8 Å². The lowest BCUT2D eigenvalue weighted by Crippen LogP contribution is -2.08. The molecule has 3 nitrogen and oxygen atoms in total. The molecule has 0 amide bonds. The fraction of sp³-hybridized carbons (Fsp3) is 0.400. The molecule has 0 atom stereocenters. The number of halogens is 1. The predicted octanol–water partition coefficient (Wildman–Crippen LogP) is 3.38. The molecule has 19 heavy (non-hydrogen) atoms. The van der Waals surface area contributed by atoms with E-state index in [0.29, 0.717) is 12.2 Å². The van der Waals surface area contributed by atoms with Crippen molar-refractivity contribution in [3.05, 3.63) is 41.2 Å². The number of carbonyl (C=O) groups is 1. The molecule has 1 aliphatic rings. The summed E-state index contributed by atoms with van der Waals surface area (Å²) in [5, 5.41) is 8.63. The lowest BCUT2D eigenvalue weighted by Gasteiger charge is -2.12. The third-order valence-corrected chi connectivity index (χ3v) is 3.29. The Labute approximate surface area is 111 Å². The van der Waals surface area contributed by atoms with Crippen molar-refractivity contribution in [2.45, 2.75) is 38.4 Å². The summed E-state index contributed by atoms with van der Waals surface area (Å²) in [5.74, 6) is -1.43. The van der Waals surface area contributed by atoms with Gasteiger partial charge in [-0.3, -0.25) is 0 Å². The summed E-state index contributed by atoms with van der Waals surface area (Å²) < 4.78 is 19.0. The Morgan fingerprint density at radius 1 is 1.42 bits per heavy atom. The zero-order valence-electron chi connectivity index (χ0n) is 10.6. The minimum Gasteiger partial charge on any atom is -0.478 e. The zero-order chi connectivity index (χ0) is 13.7. The molecular formula is C15H17FO3. The van der Waals surface area contributed by atoms with Gasteiger partial charge in [-0.05, 0) is 42.2 Å². The van der Waals surface area contributed by atoms with E-state index in [2.05, 4.69) is 0 Å². The van der Waals surface area contributed by atoms with Gasteiger partial charge < -0.3 is 9.84 Å². The first-order valence-electron chi connectivity index (χ1n) is 6.46. The molecule has 1 aliphatic carbocycles. The standard InChI is InChI=1S/C15H17FO3/c16-13-7-5-12(10-19-14-3-1-2-4-14)11(9-13)6-8-15(17)18/h5-9,14H,1-4,10H2,(H,17,18)/b8-6+. The number of rotatable bonds is 5. The number of hydrogen-bond acceptors (Lipinski definition) is 2. The largest absolute Gasteiger partial charge is 0.478 e. The minimum atomic E-state index is -1.05. The third kappa shape index (κ3) is 4.17. The Hall–Kier alpha value is -1.68. The quantitative estimate of drug-likeness (QED) is 0.829. The summed E-state index contributed by atoms with van der Waals surface area (Å²) in [6.45, 7) is 0.393. The van der Waals surface area contributed by atoms with Gasteiger partial charge in [-0.1, -0.05) is 18.9 Å². The topological polar surface area (TPSA) is 46.5 Å². The normalized spacial score (nSPS) is 16.3. The molecule has 0 aliphatic heterocycles.